The number of H-pyrrole nitrogens is 1. The second-order valence-electron chi connectivity index (χ2n) is 3.92. The molecular weight excluding hydrogens is 220 g/mol. The van der Waals surface area contributed by atoms with Gasteiger partial charge in [0.1, 0.15) is 5.82 Å². The summed E-state index contributed by atoms with van der Waals surface area (Å²) >= 11 is 6.09. The van der Waals surface area contributed by atoms with Gasteiger partial charge >= 0.3 is 0 Å². The molecule has 0 fully saturated rings. The molecule has 0 aliphatic carbocycles. The Kier molecular flexibility index (Phi) is 3.62. The molecule has 0 bridgehead atoms. The lowest BCUT2D eigenvalue weighted by Crippen LogP contribution is -1.91. The highest BCUT2D eigenvalue weighted by atomic mass is 35.5. The van der Waals surface area contributed by atoms with Crippen LogP contribution in [0.2, 0.25) is 5.02 Å². The van der Waals surface area contributed by atoms with Crippen LogP contribution in [0.25, 0.3) is 0 Å². The maximum atomic E-state index is 6.09. The Morgan fingerprint density at radius 1 is 1.25 bits per heavy atom. The molecule has 1 N–H and O–H groups in total. The number of hydrogen-bond donors (Lipinski definition) is 1. The van der Waals surface area contributed by atoms with Crippen LogP contribution in [0.5, 0.6) is 0 Å². The van der Waals surface area contributed by atoms with Gasteiger partial charge in [-0.3, -0.25) is 0 Å². The van der Waals surface area contributed by atoms with Gasteiger partial charge in [-0.15, -0.1) is 0 Å². The van der Waals surface area contributed by atoms with Crippen LogP contribution in [0.1, 0.15) is 23.5 Å². The largest absolute Gasteiger partial charge is 0.349 e. The van der Waals surface area contributed by atoms with E-state index >= 15 is 0 Å². The average Bonchev–Trinajstić information content (AvgIpc) is 2.67. The van der Waals surface area contributed by atoms with Crippen LogP contribution in [0.15, 0.2) is 30.5 Å². The zero-order chi connectivity index (χ0) is 11.4. The van der Waals surface area contributed by atoms with Crippen LogP contribution >= 0.6 is 11.6 Å². The normalized spacial score (nSPS) is 10.6. The number of nitrogens with one attached hydrogen (secondary N) is 1. The summed E-state index contributed by atoms with van der Waals surface area (Å²) in [6.07, 6.45) is 5.05. The van der Waals surface area contributed by atoms with Crippen molar-refractivity contribution in [3.05, 3.63) is 52.6 Å². The first kappa shape index (κ1) is 11.2. The third-order valence-electron chi connectivity index (χ3n) is 2.60. The minimum absolute atomic E-state index is 0.862. The number of imidazole rings is 1. The van der Waals surface area contributed by atoms with Crippen LogP contribution in [-0.2, 0) is 12.8 Å². The summed E-state index contributed by atoms with van der Waals surface area (Å²) < 4.78 is 0. The maximum absolute atomic E-state index is 6.09. The van der Waals surface area contributed by atoms with Crippen molar-refractivity contribution >= 4 is 11.6 Å². The van der Waals surface area contributed by atoms with Gasteiger partial charge in [0.05, 0.1) is 5.69 Å². The molecule has 0 saturated carbocycles. The standard InChI is InChI=1S/C13H15ClN2/c1-10-15-9-12(16-10)7-4-6-11-5-2-3-8-13(11)14/h2-3,5,8-9H,4,6-7H2,1H3,(H,15,16). The van der Waals surface area contributed by atoms with Gasteiger partial charge < -0.3 is 4.98 Å². The van der Waals surface area contributed by atoms with Gasteiger partial charge in [-0.05, 0) is 37.8 Å². The molecule has 0 aliphatic heterocycles. The number of halogens is 1. The zero-order valence-electron chi connectivity index (χ0n) is 9.33. The highest BCUT2D eigenvalue weighted by Gasteiger charge is 2.01. The number of aromatic nitrogens is 2. The number of rotatable bonds is 4. The van der Waals surface area contributed by atoms with Crippen LogP contribution in [0.3, 0.4) is 0 Å². The van der Waals surface area contributed by atoms with Crippen molar-refractivity contribution in [3.63, 3.8) is 0 Å². The molecule has 3 heteroatoms. The monoisotopic (exact) mass is 234 g/mol. The molecule has 0 atom stereocenters. The summed E-state index contributed by atoms with van der Waals surface area (Å²) in [6.45, 7) is 1.97. The molecule has 0 radical (unpaired) electrons. The quantitative estimate of drug-likeness (QED) is 0.861. The van der Waals surface area contributed by atoms with Gasteiger partial charge in [0.25, 0.3) is 0 Å². The Balaban J connectivity index is 1.87. The molecule has 0 unspecified atom stereocenters. The van der Waals surface area contributed by atoms with Crippen LogP contribution in [0, 0.1) is 6.92 Å². The Morgan fingerprint density at radius 3 is 2.75 bits per heavy atom. The first-order valence-electron chi connectivity index (χ1n) is 5.50. The van der Waals surface area contributed by atoms with Gasteiger partial charge in [-0.2, -0.15) is 0 Å². The Labute approximate surface area is 101 Å². The summed E-state index contributed by atoms with van der Waals surface area (Å²) in [5, 5.41) is 0.862. The predicted octanol–water partition coefficient (Wildman–Crippen LogP) is 3.55. The number of benzene rings is 1. The minimum atomic E-state index is 0.862. The molecule has 2 aromatic rings. The summed E-state index contributed by atoms with van der Waals surface area (Å²) in [6, 6.07) is 8.01. The fraction of sp³-hybridized carbons (Fsp3) is 0.308. The zero-order valence-corrected chi connectivity index (χ0v) is 10.1. The van der Waals surface area contributed by atoms with E-state index in [0.717, 1.165) is 35.8 Å². The van der Waals surface area contributed by atoms with Crippen molar-refractivity contribution in [1.29, 1.82) is 0 Å². The van der Waals surface area contributed by atoms with Crippen molar-refractivity contribution in [2.75, 3.05) is 0 Å². The predicted molar refractivity (Wildman–Crippen MR) is 66.8 cm³/mol. The minimum Gasteiger partial charge on any atom is -0.349 e. The van der Waals surface area contributed by atoms with E-state index in [-0.39, 0.29) is 0 Å². The SMILES string of the molecule is Cc1nc(CCCc2ccccc2Cl)c[nH]1. The van der Waals surface area contributed by atoms with Crippen LogP contribution in [0.4, 0.5) is 0 Å². The van der Waals surface area contributed by atoms with E-state index in [1.54, 1.807) is 0 Å². The third kappa shape index (κ3) is 2.86. The van der Waals surface area contributed by atoms with E-state index < -0.39 is 0 Å². The van der Waals surface area contributed by atoms with E-state index in [9.17, 15) is 0 Å². The number of aromatic amines is 1. The van der Waals surface area contributed by atoms with Gasteiger partial charge in [0, 0.05) is 11.2 Å². The molecule has 0 aliphatic rings. The Bertz CT molecular complexity index is 462. The fourth-order valence-electron chi connectivity index (χ4n) is 1.76. The molecule has 16 heavy (non-hydrogen) atoms. The first-order valence-corrected chi connectivity index (χ1v) is 5.88. The average molecular weight is 235 g/mol. The van der Waals surface area contributed by atoms with Gasteiger partial charge in [-0.25, -0.2) is 4.98 Å². The summed E-state index contributed by atoms with van der Waals surface area (Å²) in [4.78, 5) is 7.47. The van der Waals surface area contributed by atoms with Crippen molar-refractivity contribution in [3.8, 4) is 0 Å². The molecule has 0 amide bonds. The first-order chi connectivity index (χ1) is 7.75. The molecule has 2 nitrogen and oxygen atoms in total. The van der Waals surface area contributed by atoms with Crippen molar-refractivity contribution in [1.82, 2.24) is 9.97 Å². The number of aryl methyl sites for hydroxylation is 3. The molecule has 84 valence electrons. The van der Waals surface area contributed by atoms with Gasteiger partial charge in [0.15, 0.2) is 0 Å². The van der Waals surface area contributed by atoms with Crippen molar-refractivity contribution < 1.29 is 0 Å². The van der Waals surface area contributed by atoms with Crippen LogP contribution < -0.4 is 0 Å². The second kappa shape index (κ2) is 5.17. The Hall–Kier alpha value is -1.28. The lowest BCUT2D eigenvalue weighted by atomic mass is 10.1. The maximum Gasteiger partial charge on any atom is 0.103 e. The fourth-order valence-corrected chi connectivity index (χ4v) is 1.99. The molecule has 2 rings (SSSR count). The van der Waals surface area contributed by atoms with Crippen molar-refractivity contribution in [2.45, 2.75) is 26.2 Å². The van der Waals surface area contributed by atoms with E-state index in [1.165, 1.54) is 5.56 Å². The van der Waals surface area contributed by atoms with Gasteiger partial charge in [-0.1, -0.05) is 29.8 Å². The summed E-state index contributed by atoms with van der Waals surface area (Å²) in [5.41, 5.74) is 2.35. The van der Waals surface area contributed by atoms with Crippen molar-refractivity contribution in [2.24, 2.45) is 0 Å². The molecule has 0 spiro atoms. The smallest absolute Gasteiger partial charge is 0.103 e. The topological polar surface area (TPSA) is 28.7 Å². The summed E-state index contributed by atoms with van der Waals surface area (Å²) in [5.74, 6) is 0.979. The number of nitrogens with zero attached hydrogens (tertiary/aromatic N) is 1. The molecule has 1 aromatic heterocycles. The molecular formula is C13H15ClN2. The number of hydrogen-bond acceptors (Lipinski definition) is 1. The highest BCUT2D eigenvalue weighted by molar-refractivity contribution is 6.31. The Morgan fingerprint density at radius 2 is 2.06 bits per heavy atom. The lowest BCUT2D eigenvalue weighted by molar-refractivity contribution is 0.802. The molecule has 1 aromatic carbocycles. The summed E-state index contributed by atoms with van der Waals surface area (Å²) in [7, 11) is 0. The van der Waals surface area contributed by atoms with E-state index in [2.05, 4.69) is 16.0 Å². The highest BCUT2D eigenvalue weighted by Crippen LogP contribution is 2.17. The van der Waals surface area contributed by atoms with Gasteiger partial charge in [0.2, 0.25) is 0 Å². The van der Waals surface area contributed by atoms with E-state index in [1.807, 2.05) is 31.3 Å². The molecule has 1 heterocycles. The van der Waals surface area contributed by atoms with Crippen LogP contribution in [-0.4, -0.2) is 9.97 Å². The third-order valence-corrected chi connectivity index (χ3v) is 2.96. The van der Waals surface area contributed by atoms with E-state index in [4.69, 9.17) is 11.6 Å². The second-order valence-corrected chi connectivity index (χ2v) is 4.33. The molecule has 0 saturated heterocycles. The lowest BCUT2D eigenvalue weighted by Gasteiger charge is -2.02. The van der Waals surface area contributed by atoms with E-state index in [0.29, 0.717) is 0 Å².